The molecule has 0 aliphatic heterocycles. The number of hydrogen-bond donors (Lipinski definition) is 3. The number of amides is 1. The predicted octanol–water partition coefficient (Wildman–Crippen LogP) is 3.71. The average molecular weight is 357 g/mol. The Morgan fingerprint density at radius 3 is 2.38 bits per heavy atom. The summed E-state index contributed by atoms with van der Waals surface area (Å²) in [6.45, 7) is 7.96. The Balaban J connectivity index is 2.07. The molecule has 0 saturated heterocycles. The Morgan fingerprint density at radius 1 is 1.12 bits per heavy atom. The number of phenolic OH excluding ortho intramolecular Hbond substituents is 1. The molecule has 0 radical (unpaired) electrons. The molecule has 0 fully saturated rings. The number of aromatic carboxylic acids is 1. The molecule has 1 amide bonds. The van der Waals surface area contributed by atoms with Gasteiger partial charge in [-0.2, -0.15) is 0 Å². The zero-order valence-electron chi connectivity index (χ0n) is 15.3. The quantitative estimate of drug-likeness (QED) is 0.709. The van der Waals surface area contributed by atoms with Crippen molar-refractivity contribution in [2.75, 3.05) is 11.9 Å². The first-order valence-corrected chi connectivity index (χ1v) is 8.18. The van der Waals surface area contributed by atoms with Crippen LogP contribution in [-0.4, -0.2) is 28.7 Å². The van der Waals surface area contributed by atoms with Crippen LogP contribution in [-0.2, 0) is 10.2 Å². The Hall–Kier alpha value is -3.02. The number of aromatic hydroxyl groups is 1. The van der Waals surface area contributed by atoms with Crippen molar-refractivity contribution in [3.63, 3.8) is 0 Å². The zero-order chi connectivity index (χ0) is 19.5. The molecule has 0 spiro atoms. The Morgan fingerprint density at radius 2 is 1.81 bits per heavy atom. The number of anilines is 1. The van der Waals surface area contributed by atoms with Gasteiger partial charge in [0.1, 0.15) is 11.5 Å². The maximum absolute atomic E-state index is 12.1. The lowest BCUT2D eigenvalue weighted by atomic mass is 9.85. The van der Waals surface area contributed by atoms with Crippen LogP contribution in [0, 0.1) is 6.92 Å². The number of carbonyl (C=O) groups excluding carboxylic acids is 1. The fourth-order valence-electron chi connectivity index (χ4n) is 2.46. The zero-order valence-corrected chi connectivity index (χ0v) is 15.3. The molecule has 0 bridgehead atoms. The first kappa shape index (κ1) is 19.3. The van der Waals surface area contributed by atoms with Crippen molar-refractivity contribution in [3.8, 4) is 11.5 Å². The van der Waals surface area contributed by atoms with Crippen LogP contribution in [0.4, 0.5) is 5.69 Å². The van der Waals surface area contributed by atoms with Gasteiger partial charge >= 0.3 is 5.97 Å². The van der Waals surface area contributed by atoms with Gasteiger partial charge in [0.05, 0.1) is 11.3 Å². The summed E-state index contributed by atoms with van der Waals surface area (Å²) in [5.41, 5.74) is 2.03. The number of aryl methyl sites for hydroxylation is 1. The lowest BCUT2D eigenvalue weighted by molar-refractivity contribution is -0.118. The highest BCUT2D eigenvalue weighted by Gasteiger charge is 2.20. The molecule has 0 aliphatic rings. The number of rotatable bonds is 5. The summed E-state index contributed by atoms with van der Waals surface area (Å²) < 4.78 is 5.67. The smallest absolute Gasteiger partial charge is 0.335 e. The normalized spacial score (nSPS) is 11.1. The van der Waals surface area contributed by atoms with Crippen molar-refractivity contribution in [1.29, 1.82) is 0 Å². The highest BCUT2D eigenvalue weighted by Crippen LogP contribution is 2.32. The predicted molar refractivity (Wildman–Crippen MR) is 99.1 cm³/mol. The third-order valence-corrected chi connectivity index (χ3v) is 3.82. The van der Waals surface area contributed by atoms with E-state index in [0.29, 0.717) is 5.75 Å². The highest BCUT2D eigenvalue weighted by molar-refractivity contribution is 5.95. The molecule has 0 heterocycles. The third kappa shape index (κ3) is 4.75. The summed E-state index contributed by atoms with van der Waals surface area (Å²) >= 11 is 0. The van der Waals surface area contributed by atoms with Crippen molar-refractivity contribution in [3.05, 3.63) is 53.1 Å². The molecule has 2 aromatic carbocycles. The molecule has 3 N–H and O–H groups in total. The van der Waals surface area contributed by atoms with Crippen LogP contribution in [0.2, 0.25) is 0 Å². The van der Waals surface area contributed by atoms with Crippen LogP contribution in [0.5, 0.6) is 11.5 Å². The summed E-state index contributed by atoms with van der Waals surface area (Å²) in [6, 6.07) is 9.50. The summed E-state index contributed by atoms with van der Waals surface area (Å²) in [4.78, 5) is 23.0. The van der Waals surface area contributed by atoms with Crippen molar-refractivity contribution in [1.82, 2.24) is 0 Å². The maximum atomic E-state index is 12.1. The van der Waals surface area contributed by atoms with E-state index < -0.39 is 11.9 Å². The Kier molecular flexibility index (Phi) is 5.55. The van der Waals surface area contributed by atoms with Crippen LogP contribution < -0.4 is 10.1 Å². The van der Waals surface area contributed by atoms with E-state index in [9.17, 15) is 14.7 Å². The van der Waals surface area contributed by atoms with E-state index in [-0.39, 0.29) is 29.0 Å². The number of benzene rings is 2. The molecule has 6 heteroatoms. The van der Waals surface area contributed by atoms with E-state index >= 15 is 0 Å². The van der Waals surface area contributed by atoms with Crippen LogP contribution in [0.25, 0.3) is 0 Å². The monoisotopic (exact) mass is 357 g/mol. The van der Waals surface area contributed by atoms with Crippen molar-refractivity contribution < 1.29 is 24.5 Å². The van der Waals surface area contributed by atoms with Crippen LogP contribution >= 0.6 is 0 Å². The minimum Gasteiger partial charge on any atom is -0.506 e. The topological polar surface area (TPSA) is 95.9 Å². The summed E-state index contributed by atoms with van der Waals surface area (Å²) in [5.74, 6) is -1.30. The molecule has 2 aromatic rings. The van der Waals surface area contributed by atoms with E-state index in [4.69, 9.17) is 9.84 Å². The highest BCUT2D eigenvalue weighted by atomic mass is 16.5. The number of carboxylic acids is 1. The summed E-state index contributed by atoms with van der Waals surface area (Å²) in [5, 5.41) is 21.2. The first-order valence-electron chi connectivity index (χ1n) is 8.18. The van der Waals surface area contributed by atoms with E-state index in [2.05, 4.69) is 26.1 Å². The lowest BCUT2D eigenvalue weighted by Crippen LogP contribution is -2.22. The number of nitrogens with one attached hydrogen (secondary N) is 1. The third-order valence-electron chi connectivity index (χ3n) is 3.82. The molecular formula is C20H23NO5. The molecule has 0 aliphatic carbocycles. The standard InChI is InChI=1S/C20H23NO5/c1-12-5-8-17(14(9-12)20(2,3)4)26-11-18(23)21-15-7-6-13(19(24)25)10-16(15)22/h5-10,22H,11H2,1-4H3,(H,21,23)(H,24,25). The number of carbonyl (C=O) groups is 2. The van der Waals surface area contributed by atoms with Gasteiger partial charge in [-0.25, -0.2) is 4.79 Å². The van der Waals surface area contributed by atoms with E-state index in [1.165, 1.54) is 12.1 Å². The molecular weight excluding hydrogens is 334 g/mol. The second-order valence-corrected chi connectivity index (χ2v) is 7.12. The number of carboxylic acid groups (broad SMARTS) is 1. The number of ether oxygens (including phenoxy) is 1. The Bertz CT molecular complexity index is 837. The van der Waals surface area contributed by atoms with Crippen LogP contribution in [0.3, 0.4) is 0 Å². The van der Waals surface area contributed by atoms with Gasteiger partial charge in [0, 0.05) is 0 Å². The molecule has 0 atom stereocenters. The van der Waals surface area contributed by atoms with Gasteiger partial charge in [-0.05, 0) is 42.2 Å². The molecule has 6 nitrogen and oxygen atoms in total. The van der Waals surface area contributed by atoms with Gasteiger partial charge < -0.3 is 20.3 Å². The van der Waals surface area contributed by atoms with Crippen molar-refractivity contribution in [2.45, 2.75) is 33.1 Å². The SMILES string of the molecule is Cc1ccc(OCC(=O)Nc2ccc(C(=O)O)cc2O)c(C(C)(C)C)c1. The Labute approximate surface area is 152 Å². The van der Waals surface area contributed by atoms with Crippen molar-refractivity contribution >= 4 is 17.6 Å². The molecule has 0 unspecified atom stereocenters. The van der Waals surface area contributed by atoms with Gasteiger partial charge in [0.15, 0.2) is 6.61 Å². The minimum absolute atomic E-state index is 0.0637. The van der Waals surface area contributed by atoms with Gasteiger partial charge in [0.25, 0.3) is 5.91 Å². The molecule has 138 valence electrons. The van der Waals surface area contributed by atoms with E-state index in [1.54, 1.807) is 0 Å². The maximum Gasteiger partial charge on any atom is 0.335 e. The van der Waals surface area contributed by atoms with E-state index in [0.717, 1.165) is 17.2 Å². The second-order valence-electron chi connectivity index (χ2n) is 7.12. The fourth-order valence-corrected chi connectivity index (χ4v) is 2.46. The minimum atomic E-state index is -1.16. The van der Waals surface area contributed by atoms with Gasteiger partial charge in [-0.15, -0.1) is 0 Å². The first-order chi connectivity index (χ1) is 12.1. The molecule has 0 saturated carbocycles. The fraction of sp³-hybridized carbons (Fsp3) is 0.300. The van der Waals surface area contributed by atoms with Crippen LogP contribution in [0.1, 0.15) is 42.3 Å². The largest absolute Gasteiger partial charge is 0.506 e. The lowest BCUT2D eigenvalue weighted by Gasteiger charge is -2.23. The molecule has 2 rings (SSSR count). The second kappa shape index (κ2) is 7.47. The van der Waals surface area contributed by atoms with E-state index in [1.807, 2.05) is 25.1 Å². The van der Waals surface area contributed by atoms with Gasteiger partial charge in [-0.3, -0.25) is 4.79 Å². The molecule has 0 aromatic heterocycles. The summed E-state index contributed by atoms with van der Waals surface area (Å²) in [6.07, 6.45) is 0. The van der Waals surface area contributed by atoms with Gasteiger partial charge in [-0.1, -0.05) is 38.5 Å². The van der Waals surface area contributed by atoms with Gasteiger partial charge in [0.2, 0.25) is 0 Å². The van der Waals surface area contributed by atoms with Crippen LogP contribution in [0.15, 0.2) is 36.4 Å². The van der Waals surface area contributed by atoms with Crippen molar-refractivity contribution in [2.24, 2.45) is 0 Å². The molecule has 26 heavy (non-hydrogen) atoms. The summed E-state index contributed by atoms with van der Waals surface area (Å²) in [7, 11) is 0. The average Bonchev–Trinajstić information content (AvgIpc) is 2.54. The number of hydrogen-bond acceptors (Lipinski definition) is 4. The number of phenols is 1.